The number of hydrogen-bond acceptors (Lipinski definition) is 4. The van der Waals surface area contributed by atoms with Crippen LogP contribution in [-0.4, -0.2) is 16.4 Å². The second-order valence-corrected chi connectivity index (χ2v) is 4.24. The average Bonchev–Trinajstić information content (AvgIpc) is 2.73. The van der Waals surface area contributed by atoms with Crippen LogP contribution >= 0.6 is 0 Å². The minimum Gasteiger partial charge on any atom is -0.479 e. The maximum absolute atomic E-state index is 8.43. The third-order valence-corrected chi connectivity index (χ3v) is 2.76. The Bertz CT molecular complexity index is 580. The zero-order valence-corrected chi connectivity index (χ0v) is 11.1. The number of aromatic nitrogens is 2. The van der Waals surface area contributed by atoms with Crippen molar-refractivity contribution < 1.29 is 4.74 Å². The topological polar surface area (TPSA) is 62.9 Å². The van der Waals surface area contributed by atoms with Gasteiger partial charge in [-0.3, -0.25) is 4.68 Å². The first kappa shape index (κ1) is 13.0. The number of ether oxygens (including phenoxy) is 1. The fraction of sp³-hybridized carbons (Fsp3) is 0.286. The lowest BCUT2D eigenvalue weighted by Crippen LogP contribution is -2.00. The van der Waals surface area contributed by atoms with Crippen molar-refractivity contribution in [1.82, 2.24) is 9.78 Å². The molecular formula is C14H16N4O. The molecule has 0 aliphatic heterocycles. The van der Waals surface area contributed by atoms with Gasteiger partial charge in [-0.05, 0) is 31.2 Å². The number of rotatable bonds is 5. The summed E-state index contributed by atoms with van der Waals surface area (Å²) in [7, 11) is 1.91. The summed E-state index contributed by atoms with van der Waals surface area (Å²) in [6.45, 7) is 2.80. The molecule has 2 rings (SSSR count). The highest BCUT2D eigenvalue weighted by atomic mass is 16.5. The van der Waals surface area contributed by atoms with E-state index in [4.69, 9.17) is 10.00 Å². The summed E-state index contributed by atoms with van der Waals surface area (Å²) in [6.07, 6.45) is 2.01. The van der Waals surface area contributed by atoms with Crippen LogP contribution < -0.4 is 10.1 Å². The molecule has 0 spiro atoms. The Morgan fingerprint density at radius 3 is 2.68 bits per heavy atom. The first-order valence-electron chi connectivity index (χ1n) is 6.02. The standard InChI is InChI=1S/C14H16N4O/c1-11-12(10-18(2)17-11)9-16-13-3-5-14(6-4-13)19-8-7-15/h3-6,10,16H,8-9H2,1-2H3. The number of nitriles is 1. The van der Waals surface area contributed by atoms with Crippen LogP contribution in [0.25, 0.3) is 0 Å². The second-order valence-electron chi connectivity index (χ2n) is 4.24. The highest BCUT2D eigenvalue weighted by Crippen LogP contribution is 2.16. The van der Waals surface area contributed by atoms with Gasteiger partial charge in [-0.25, -0.2) is 0 Å². The van der Waals surface area contributed by atoms with Crippen molar-refractivity contribution in [2.45, 2.75) is 13.5 Å². The molecule has 1 aromatic carbocycles. The van der Waals surface area contributed by atoms with Crippen molar-refractivity contribution in [3.63, 3.8) is 0 Å². The van der Waals surface area contributed by atoms with Crippen molar-refractivity contribution in [2.75, 3.05) is 11.9 Å². The van der Waals surface area contributed by atoms with E-state index in [0.717, 1.165) is 17.9 Å². The first-order valence-corrected chi connectivity index (χ1v) is 6.02. The quantitative estimate of drug-likeness (QED) is 0.891. The molecule has 1 aromatic heterocycles. The minimum atomic E-state index is 0.0711. The van der Waals surface area contributed by atoms with E-state index in [9.17, 15) is 0 Å². The molecule has 0 fully saturated rings. The van der Waals surface area contributed by atoms with Crippen LogP contribution in [-0.2, 0) is 13.6 Å². The molecule has 1 N–H and O–H groups in total. The maximum Gasteiger partial charge on any atom is 0.174 e. The summed E-state index contributed by atoms with van der Waals surface area (Å²) < 4.78 is 7.00. The molecule has 2 aromatic rings. The third-order valence-electron chi connectivity index (χ3n) is 2.76. The molecule has 5 nitrogen and oxygen atoms in total. The number of nitrogens with zero attached hydrogens (tertiary/aromatic N) is 3. The number of hydrogen-bond donors (Lipinski definition) is 1. The van der Waals surface area contributed by atoms with Gasteiger partial charge in [0.1, 0.15) is 11.8 Å². The van der Waals surface area contributed by atoms with Crippen LogP contribution in [0.5, 0.6) is 5.75 Å². The molecule has 0 saturated heterocycles. The summed E-state index contributed by atoms with van der Waals surface area (Å²) in [5, 5.41) is 16.0. The highest BCUT2D eigenvalue weighted by molar-refractivity contribution is 5.46. The molecule has 0 aliphatic carbocycles. The first-order chi connectivity index (χ1) is 9.19. The van der Waals surface area contributed by atoms with E-state index in [2.05, 4.69) is 10.4 Å². The van der Waals surface area contributed by atoms with E-state index >= 15 is 0 Å². The molecule has 5 heteroatoms. The average molecular weight is 256 g/mol. The molecule has 1 heterocycles. The predicted molar refractivity (Wildman–Crippen MR) is 72.8 cm³/mol. The second kappa shape index (κ2) is 5.91. The molecule has 19 heavy (non-hydrogen) atoms. The van der Waals surface area contributed by atoms with Crippen molar-refractivity contribution >= 4 is 5.69 Å². The number of aryl methyl sites for hydroxylation is 2. The Labute approximate surface area is 112 Å². The summed E-state index contributed by atoms with van der Waals surface area (Å²) in [6, 6.07) is 9.48. The molecule has 0 amide bonds. The fourth-order valence-corrected chi connectivity index (χ4v) is 1.80. The summed E-state index contributed by atoms with van der Waals surface area (Å²) in [4.78, 5) is 0. The predicted octanol–water partition coefficient (Wildman–Crippen LogP) is 2.24. The van der Waals surface area contributed by atoms with Gasteiger partial charge in [0.05, 0.1) is 5.69 Å². The Kier molecular flexibility index (Phi) is 4.04. The van der Waals surface area contributed by atoms with Gasteiger partial charge in [-0.1, -0.05) is 0 Å². The van der Waals surface area contributed by atoms with Gasteiger partial charge >= 0.3 is 0 Å². The molecule has 0 saturated carbocycles. The fourth-order valence-electron chi connectivity index (χ4n) is 1.80. The molecular weight excluding hydrogens is 240 g/mol. The third kappa shape index (κ3) is 3.49. The normalized spacial score (nSPS) is 9.95. The van der Waals surface area contributed by atoms with Gasteiger partial charge in [0.25, 0.3) is 0 Å². The van der Waals surface area contributed by atoms with E-state index in [0.29, 0.717) is 5.75 Å². The SMILES string of the molecule is Cc1nn(C)cc1CNc1ccc(OCC#N)cc1. The Morgan fingerprint density at radius 1 is 1.37 bits per heavy atom. The Balaban J connectivity index is 1.93. The van der Waals surface area contributed by atoms with Crippen molar-refractivity contribution in [2.24, 2.45) is 7.05 Å². The molecule has 98 valence electrons. The lowest BCUT2D eigenvalue weighted by atomic mass is 10.2. The Morgan fingerprint density at radius 2 is 2.11 bits per heavy atom. The van der Waals surface area contributed by atoms with Crippen LogP contribution in [0.3, 0.4) is 0 Å². The number of anilines is 1. The van der Waals surface area contributed by atoms with Gasteiger partial charge < -0.3 is 10.1 Å². The Hall–Kier alpha value is -2.48. The van der Waals surface area contributed by atoms with Crippen molar-refractivity contribution in [3.8, 4) is 11.8 Å². The van der Waals surface area contributed by atoms with E-state index in [1.165, 1.54) is 5.56 Å². The van der Waals surface area contributed by atoms with Crippen LogP contribution in [0.2, 0.25) is 0 Å². The van der Waals surface area contributed by atoms with Crippen LogP contribution in [0.4, 0.5) is 5.69 Å². The van der Waals surface area contributed by atoms with Crippen LogP contribution in [0.1, 0.15) is 11.3 Å². The lowest BCUT2D eigenvalue weighted by molar-refractivity contribution is 0.368. The molecule has 0 unspecified atom stereocenters. The molecule has 0 atom stereocenters. The molecule has 0 radical (unpaired) electrons. The molecule has 0 aliphatic rings. The molecule has 0 bridgehead atoms. The van der Waals surface area contributed by atoms with Crippen LogP contribution in [0, 0.1) is 18.3 Å². The van der Waals surface area contributed by atoms with E-state index in [1.807, 2.05) is 55.2 Å². The lowest BCUT2D eigenvalue weighted by Gasteiger charge is -2.07. The smallest absolute Gasteiger partial charge is 0.174 e. The zero-order chi connectivity index (χ0) is 13.7. The summed E-state index contributed by atoms with van der Waals surface area (Å²) in [5.74, 6) is 0.699. The van der Waals surface area contributed by atoms with Gasteiger partial charge in [0, 0.05) is 31.0 Å². The summed E-state index contributed by atoms with van der Waals surface area (Å²) in [5.41, 5.74) is 3.21. The van der Waals surface area contributed by atoms with Crippen molar-refractivity contribution in [3.05, 3.63) is 41.7 Å². The van der Waals surface area contributed by atoms with E-state index in [1.54, 1.807) is 0 Å². The maximum atomic E-state index is 8.43. The van der Waals surface area contributed by atoms with E-state index in [-0.39, 0.29) is 6.61 Å². The largest absolute Gasteiger partial charge is 0.479 e. The van der Waals surface area contributed by atoms with Gasteiger partial charge in [0.2, 0.25) is 0 Å². The minimum absolute atomic E-state index is 0.0711. The zero-order valence-electron chi connectivity index (χ0n) is 11.1. The van der Waals surface area contributed by atoms with Gasteiger partial charge in [0.15, 0.2) is 6.61 Å². The van der Waals surface area contributed by atoms with Gasteiger partial charge in [-0.2, -0.15) is 10.4 Å². The van der Waals surface area contributed by atoms with Crippen molar-refractivity contribution in [1.29, 1.82) is 5.26 Å². The number of nitrogens with one attached hydrogen (secondary N) is 1. The summed E-state index contributed by atoms with van der Waals surface area (Å²) >= 11 is 0. The van der Waals surface area contributed by atoms with Crippen LogP contribution in [0.15, 0.2) is 30.5 Å². The number of benzene rings is 1. The van der Waals surface area contributed by atoms with E-state index < -0.39 is 0 Å². The van der Waals surface area contributed by atoms with Gasteiger partial charge in [-0.15, -0.1) is 0 Å². The highest BCUT2D eigenvalue weighted by Gasteiger charge is 2.02. The monoisotopic (exact) mass is 256 g/mol.